The first-order valence-electron chi connectivity index (χ1n) is 4.66. The molecule has 0 aliphatic carbocycles. The molecule has 1 rings (SSSR count). The van der Waals surface area contributed by atoms with Crippen molar-refractivity contribution < 1.29 is 5.11 Å². The molecule has 0 fully saturated rings. The monoisotopic (exact) mass is 192 g/mol. The molecule has 0 aromatic heterocycles. The van der Waals surface area contributed by atoms with E-state index in [1.165, 1.54) is 0 Å². The molecule has 1 aromatic carbocycles. The van der Waals surface area contributed by atoms with E-state index in [-0.39, 0.29) is 0 Å². The highest BCUT2D eigenvalue weighted by atomic mass is 16.3. The fraction of sp³-hybridized carbons (Fsp3) is 0.364. The number of nitrogens with one attached hydrogen (secondary N) is 1. The normalized spacial score (nSPS) is 12.4. The van der Waals surface area contributed by atoms with E-state index in [4.69, 9.17) is 16.2 Å². The third kappa shape index (κ3) is 3.58. The molecule has 0 spiro atoms. The molecule has 1 aromatic rings. The Balaban J connectivity index is 2.52. The van der Waals surface area contributed by atoms with Crippen molar-refractivity contribution in [2.75, 3.05) is 5.73 Å². The lowest BCUT2D eigenvalue weighted by molar-refractivity contribution is 0.202. The Labute approximate surface area is 84.1 Å². The zero-order valence-corrected chi connectivity index (χ0v) is 8.33. The average molecular weight is 192 g/mol. The summed E-state index contributed by atoms with van der Waals surface area (Å²) >= 11 is 0. The Morgan fingerprint density at radius 2 is 2.00 bits per heavy atom. The maximum Gasteiger partial charge on any atom is 0.0564 e. The van der Waals surface area contributed by atoms with Crippen LogP contribution in [0.5, 0.6) is 0 Å². The number of aliphatic hydroxyl groups excluding tert-OH is 1. The number of aliphatic hydroxyl groups is 1. The highest BCUT2D eigenvalue weighted by molar-refractivity contribution is 5.84. The minimum Gasteiger partial charge on any atom is -0.399 e. The summed E-state index contributed by atoms with van der Waals surface area (Å²) in [6, 6.07) is 7.47. The number of rotatable bonds is 4. The first kappa shape index (κ1) is 10.7. The van der Waals surface area contributed by atoms with E-state index in [0.29, 0.717) is 18.6 Å². The summed E-state index contributed by atoms with van der Waals surface area (Å²) in [5.74, 6) is 0. The van der Waals surface area contributed by atoms with Crippen molar-refractivity contribution in [3.63, 3.8) is 0 Å². The fourth-order valence-corrected chi connectivity index (χ4v) is 1.31. The molecular weight excluding hydrogens is 176 g/mol. The van der Waals surface area contributed by atoms with Gasteiger partial charge in [-0.2, -0.15) is 0 Å². The molecule has 1 atom stereocenters. The van der Waals surface area contributed by atoms with Gasteiger partial charge in [-0.15, -0.1) is 0 Å². The average Bonchev–Trinajstić information content (AvgIpc) is 2.07. The van der Waals surface area contributed by atoms with Crippen LogP contribution in [-0.4, -0.2) is 16.9 Å². The second-order valence-corrected chi connectivity index (χ2v) is 3.58. The van der Waals surface area contributed by atoms with Crippen LogP contribution in [0.3, 0.4) is 0 Å². The molecule has 0 saturated heterocycles. The van der Waals surface area contributed by atoms with Gasteiger partial charge in [0.15, 0.2) is 0 Å². The summed E-state index contributed by atoms with van der Waals surface area (Å²) in [6.45, 7) is 1.69. The largest absolute Gasteiger partial charge is 0.399 e. The molecule has 0 saturated carbocycles. The van der Waals surface area contributed by atoms with Gasteiger partial charge in [0.05, 0.1) is 6.10 Å². The van der Waals surface area contributed by atoms with Crippen LogP contribution in [0.15, 0.2) is 24.3 Å². The highest BCUT2D eigenvalue weighted by Crippen LogP contribution is 2.08. The third-order valence-electron chi connectivity index (χ3n) is 1.94. The molecule has 0 aliphatic rings. The Hall–Kier alpha value is -1.35. The van der Waals surface area contributed by atoms with Crippen molar-refractivity contribution >= 4 is 11.4 Å². The molecule has 0 aliphatic heterocycles. The van der Waals surface area contributed by atoms with Gasteiger partial charge in [-0.3, -0.25) is 0 Å². The summed E-state index contributed by atoms with van der Waals surface area (Å²) < 4.78 is 0. The van der Waals surface area contributed by atoms with Crippen molar-refractivity contribution in [1.29, 1.82) is 5.41 Å². The molecule has 0 amide bonds. The van der Waals surface area contributed by atoms with Crippen molar-refractivity contribution in [2.24, 2.45) is 0 Å². The smallest absolute Gasteiger partial charge is 0.0564 e. The zero-order chi connectivity index (χ0) is 10.6. The zero-order valence-electron chi connectivity index (χ0n) is 8.33. The molecule has 3 nitrogen and oxygen atoms in total. The predicted octanol–water partition coefficient (Wildman–Crippen LogP) is 1.60. The Morgan fingerprint density at radius 3 is 2.50 bits per heavy atom. The molecule has 14 heavy (non-hydrogen) atoms. The van der Waals surface area contributed by atoms with E-state index in [1.54, 1.807) is 6.92 Å². The number of hydrogen-bond donors (Lipinski definition) is 3. The molecule has 4 N–H and O–H groups in total. The lowest BCUT2D eigenvalue weighted by Crippen LogP contribution is -2.10. The van der Waals surface area contributed by atoms with Crippen LogP contribution >= 0.6 is 0 Å². The Kier molecular flexibility index (Phi) is 3.65. The summed E-state index contributed by atoms with van der Waals surface area (Å²) in [7, 11) is 0. The Bertz CT molecular complexity index is 304. The maximum atomic E-state index is 9.08. The van der Waals surface area contributed by atoms with Gasteiger partial charge in [0.25, 0.3) is 0 Å². The molecule has 1 unspecified atom stereocenters. The van der Waals surface area contributed by atoms with Crippen LogP contribution in [-0.2, 0) is 6.42 Å². The Morgan fingerprint density at radius 1 is 1.43 bits per heavy atom. The lowest BCUT2D eigenvalue weighted by atomic mass is 10.0. The topological polar surface area (TPSA) is 70.1 Å². The van der Waals surface area contributed by atoms with Crippen LogP contribution in [0.25, 0.3) is 0 Å². The van der Waals surface area contributed by atoms with Crippen molar-refractivity contribution in [1.82, 2.24) is 0 Å². The number of nitrogens with two attached hydrogens (primary N) is 1. The van der Waals surface area contributed by atoms with Gasteiger partial charge in [0.1, 0.15) is 0 Å². The minimum absolute atomic E-state index is 0.434. The lowest BCUT2D eigenvalue weighted by Gasteiger charge is -2.06. The first-order chi connectivity index (χ1) is 6.58. The maximum absolute atomic E-state index is 9.08. The molecule has 3 heteroatoms. The quantitative estimate of drug-likeness (QED) is 0.501. The first-order valence-corrected chi connectivity index (χ1v) is 4.66. The van der Waals surface area contributed by atoms with Crippen molar-refractivity contribution in [2.45, 2.75) is 25.9 Å². The predicted molar refractivity (Wildman–Crippen MR) is 58.6 cm³/mol. The van der Waals surface area contributed by atoms with Gasteiger partial charge in [-0.05, 0) is 24.6 Å². The summed E-state index contributed by atoms with van der Waals surface area (Å²) in [6.07, 6.45) is 0.589. The molecular formula is C11H16N2O. The molecule has 0 radical (unpaired) electrons. The van der Waals surface area contributed by atoms with Gasteiger partial charge < -0.3 is 16.2 Å². The fourth-order valence-electron chi connectivity index (χ4n) is 1.31. The summed E-state index contributed by atoms with van der Waals surface area (Å²) in [5, 5.41) is 16.7. The third-order valence-corrected chi connectivity index (χ3v) is 1.94. The van der Waals surface area contributed by atoms with Gasteiger partial charge in [0, 0.05) is 24.2 Å². The van der Waals surface area contributed by atoms with Crippen molar-refractivity contribution in [3.8, 4) is 0 Å². The highest BCUT2D eigenvalue weighted by Gasteiger charge is 2.03. The number of benzene rings is 1. The van der Waals surface area contributed by atoms with E-state index >= 15 is 0 Å². The van der Waals surface area contributed by atoms with E-state index in [9.17, 15) is 0 Å². The summed E-state index contributed by atoms with van der Waals surface area (Å²) in [5.41, 5.74) is 7.88. The van der Waals surface area contributed by atoms with Crippen LogP contribution in [0, 0.1) is 5.41 Å². The van der Waals surface area contributed by atoms with Gasteiger partial charge in [-0.1, -0.05) is 12.1 Å². The second kappa shape index (κ2) is 4.77. The van der Waals surface area contributed by atoms with Gasteiger partial charge >= 0.3 is 0 Å². The van der Waals surface area contributed by atoms with Gasteiger partial charge in [0.2, 0.25) is 0 Å². The van der Waals surface area contributed by atoms with E-state index in [2.05, 4.69) is 0 Å². The minimum atomic E-state index is -0.434. The van der Waals surface area contributed by atoms with Gasteiger partial charge in [-0.25, -0.2) is 0 Å². The standard InChI is InChI=1S/C11H16N2O/c1-8(14)6-11(13)7-9-2-4-10(12)5-3-9/h2-5,8,13-14H,6-7,12H2,1H3. The summed E-state index contributed by atoms with van der Waals surface area (Å²) in [4.78, 5) is 0. The second-order valence-electron chi connectivity index (χ2n) is 3.58. The van der Waals surface area contributed by atoms with Crippen LogP contribution in [0.4, 0.5) is 5.69 Å². The van der Waals surface area contributed by atoms with Crippen LogP contribution in [0.2, 0.25) is 0 Å². The van der Waals surface area contributed by atoms with Crippen LogP contribution < -0.4 is 5.73 Å². The number of nitrogen functional groups attached to an aromatic ring is 1. The van der Waals surface area contributed by atoms with Crippen LogP contribution in [0.1, 0.15) is 18.9 Å². The van der Waals surface area contributed by atoms with E-state index < -0.39 is 6.10 Å². The van der Waals surface area contributed by atoms with Crippen molar-refractivity contribution in [3.05, 3.63) is 29.8 Å². The number of hydrogen-bond acceptors (Lipinski definition) is 3. The SMILES string of the molecule is CC(O)CC(=N)Cc1ccc(N)cc1. The van der Waals surface area contributed by atoms with E-state index in [1.807, 2.05) is 24.3 Å². The molecule has 76 valence electrons. The number of anilines is 1. The van der Waals surface area contributed by atoms with E-state index in [0.717, 1.165) is 11.3 Å². The molecule has 0 bridgehead atoms. The molecule has 0 heterocycles.